The van der Waals surface area contributed by atoms with Gasteiger partial charge in [-0.15, -0.1) is 0 Å². The molecule has 0 amide bonds. The van der Waals surface area contributed by atoms with Gasteiger partial charge in [-0.1, -0.05) is 67.4 Å². The maximum absolute atomic E-state index is 13.0. The van der Waals surface area contributed by atoms with Gasteiger partial charge in [0, 0.05) is 10.00 Å². The van der Waals surface area contributed by atoms with E-state index in [2.05, 4.69) is 0 Å². The first-order valence-electron chi connectivity index (χ1n) is 9.40. The number of sulfone groups is 1. The molecule has 0 bridgehead atoms. The predicted molar refractivity (Wildman–Crippen MR) is 109 cm³/mol. The lowest BCUT2D eigenvalue weighted by molar-refractivity contribution is 0.244. The van der Waals surface area contributed by atoms with E-state index in [9.17, 15) is 26.0 Å². The fourth-order valence-electron chi connectivity index (χ4n) is 3.77. The fraction of sp³-hybridized carbons (Fsp3) is 0.684. The first kappa shape index (κ1) is 23.9. The second kappa shape index (κ2) is 11.1. The molecule has 1 unspecified atom stereocenters. The smallest absolute Gasteiger partial charge is 0.224 e. The molecule has 1 atom stereocenters. The van der Waals surface area contributed by atoms with Crippen LogP contribution in [0, 0.1) is 0 Å². The SMILES string of the molecule is O=S(=O)(CC(CCCC1(SC(F)F)CCCCC1)SC(F)F)c1ccccc1. The molecule has 1 aromatic rings. The maximum Gasteiger partial charge on any atom is 0.285 e. The average Bonchev–Trinajstić information content (AvgIpc) is 2.61. The minimum absolute atomic E-state index is 0.117. The Bertz CT molecular complexity index is 678. The number of rotatable bonds is 11. The van der Waals surface area contributed by atoms with Gasteiger partial charge in [-0.05, 0) is 37.8 Å². The van der Waals surface area contributed by atoms with Gasteiger partial charge in [0.15, 0.2) is 9.84 Å². The molecule has 160 valence electrons. The highest BCUT2D eigenvalue weighted by atomic mass is 32.2. The summed E-state index contributed by atoms with van der Waals surface area (Å²) in [6.07, 6.45) is 5.49. The van der Waals surface area contributed by atoms with Crippen LogP contribution in [0.1, 0.15) is 51.4 Å². The highest BCUT2D eigenvalue weighted by Crippen LogP contribution is 2.46. The molecule has 2 nitrogen and oxygen atoms in total. The van der Waals surface area contributed by atoms with Gasteiger partial charge in [-0.25, -0.2) is 8.42 Å². The Balaban J connectivity index is 1.99. The zero-order valence-corrected chi connectivity index (χ0v) is 18.0. The van der Waals surface area contributed by atoms with Crippen LogP contribution in [-0.4, -0.2) is 35.7 Å². The van der Waals surface area contributed by atoms with E-state index in [1.165, 1.54) is 12.1 Å². The van der Waals surface area contributed by atoms with E-state index < -0.39 is 31.3 Å². The summed E-state index contributed by atoms with van der Waals surface area (Å²) in [6.45, 7) is 0. The van der Waals surface area contributed by atoms with E-state index in [4.69, 9.17) is 0 Å². The highest BCUT2D eigenvalue weighted by molar-refractivity contribution is 8.01. The van der Waals surface area contributed by atoms with Crippen molar-refractivity contribution in [3.05, 3.63) is 30.3 Å². The molecule has 0 saturated heterocycles. The molecule has 1 fully saturated rings. The molecule has 0 heterocycles. The molecule has 0 spiro atoms. The van der Waals surface area contributed by atoms with Crippen molar-refractivity contribution in [3.8, 4) is 0 Å². The van der Waals surface area contributed by atoms with Crippen molar-refractivity contribution in [1.82, 2.24) is 0 Å². The topological polar surface area (TPSA) is 34.1 Å². The van der Waals surface area contributed by atoms with E-state index >= 15 is 0 Å². The summed E-state index contributed by atoms with van der Waals surface area (Å²) in [5, 5.41) is -0.762. The predicted octanol–water partition coefficient (Wildman–Crippen LogP) is 6.61. The van der Waals surface area contributed by atoms with Gasteiger partial charge in [0.1, 0.15) is 0 Å². The van der Waals surface area contributed by atoms with Gasteiger partial charge in [0.05, 0.1) is 10.6 Å². The van der Waals surface area contributed by atoms with Gasteiger partial charge in [0.2, 0.25) is 0 Å². The maximum atomic E-state index is 13.0. The number of benzene rings is 1. The largest absolute Gasteiger partial charge is 0.285 e. The molecular weight excluding hydrogens is 432 g/mol. The van der Waals surface area contributed by atoms with Crippen molar-refractivity contribution in [1.29, 1.82) is 0 Å². The molecule has 0 aromatic heterocycles. The number of thioether (sulfide) groups is 2. The summed E-state index contributed by atoms with van der Waals surface area (Å²) in [6, 6.07) is 7.78. The van der Waals surface area contributed by atoms with Crippen LogP contribution in [0.25, 0.3) is 0 Å². The van der Waals surface area contributed by atoms with Crippen LogP contribution < -0.4 is 0 Å². The Labute approximate surface area is 173 Å². The first-order valence-corrected chi connectivity index (χ1v) is 12.9. The number of hydrogen-bond donors (Lipinski definition) is 0. The van der Waals surface area contributed by atoms with Crippen molar-refractivity contribution in [2.24, 2.45) is 0 Å². The van der Waals surface area contributed by atoms with Crippen molar-refractivity contribution in [2.75, 3.05) is 5.75 Å². The lowest BCUT2D eigenvalue weighted by atomic mass is 9.84. The Hall–Kier alpha value is -0.410. The molecule has 9 heteroatoms. The Morgan fingerprint density at radius 2 is 1.61 bits per heavy atom. The van der Waals surface area contributed by atoms with Gasteiger partial charge in [0.25, 0.3) is 11.5 Å². The van der Waals surface area contributed by atoms with Crippen LogP contribution in [0.2, 0.25) is 0 Å². The third-order valence-electron chi connectivity index (χ3n) is 5.07. The highest BCUT2D eigenvalue weighted by Gasteiger charge is 2.35. The fourth-order valence-corrected chi connectivity index (χ4v) is 7.80. The van der Waals surface area contributed by atoms with E-state index in [1.807, 2.05) is 0 Å². The van der Waals surface area contributed by atoms with Crippen molar-refractivity contribution in [3.63, 3.8) is 0 Å². The van der Waals surface area contributed by atoms with Crippen LogP contribution in [-0.2, 0) is 9.84 Å². The summed E-state index contributed by atoms with van der Waals surface area (Å²) in [4.78, 5) is 0.117. The van der Waals surface area contributed by atoms with Gasteiger partial charge >= 0.3 is 0 Å². The average molecular weight is 459 g/mol. The molecule has 1 saturated carbocycles. The van der Waals surface area contributed by atoms with Gasteiger partial charge in [-0.2, -0.15) is 17.6 Å². The molecule has 1 aromatic carbocycles. The number of halogens is 4. The Kier molecular flexibility index (Phi) is 9.47. The molecule has 0 aliphatic heterocycles. The third kappa shape index (κ3) is 7.78. The molecule has 28 heavy (non-hydrogen) atoms. The monoisotopic (exact) mass is 458 g/mol. The number of hydrogen-bond acceptors (Lipinski definition) is 4. The minimum Gasteiger partial charge on any atom is -0.224 e. The standard InChI is InChI=1S/C19H26F4O2S3/c20-17(21)26-15(14-28(24,25)16-9-3-1-4-10-16)8-7-13-19(27-18(22)23)11-5-2-6-12-19/h1,3-4,9-10,15,17-18H,2,5-8,11-14H2. The van der Waals surface area contributed by atoms with Gasteiger partial charge in [-0.3, -0.25) is 0 Å². The van der Waals surface area contributed by atoms with Crippen molar-refractivity contribution < 1.29 is 26.0 Å². The molecule has 1 aliphatic rings. The first-order chi connectivity index (χ1) is 13.2. The van der Waals surface area contributed by atoms with Crippen molar-refractivity contribution >= 4 is 33.4 Å². The molecule has 0 radical (unpaired) electrons. The lowest BCUT2D eigenvalue weighted by Gasteiger charge is -2.36. The minimum atomic E-state index is -3.67. The molecule has 2 rings (SSSR count). The van der Waals surface area contributed by atoms with Crippen molar-refractivity contribution in [2.45, 2.75) is 77.8 Å². The quantitative estimate of drug-likeness (QED) is 0.349. The zero-order valence-electron chi connectivity index (χ0n) is 15.5. The summed E-state index contributed by atoms with van der Waals surface area (Å²) in [5.74, 6) is -5.50. The Morgan fingerprint density at radius 3 is 2.18 bits per heavy atom. The van der Waals surface area contributed by atoms with E-state index in [1.54, 1.807) is 18.2 Å². The van der Waals surface area contributed by atoms with Crippen LogP contribution >= 0.6 is 23.5 Å². The lowest BCUT2D eigenvalue weighted by Crippen LogP contribution is -2.30. The van der Waals surface area contributed by atoms with Crippen LogP contribution in [0.4, 0.5) is 17.6 Å². The van der Waals surface area contributed by atoms with E-state index in [0.29, 0.717) is 49.2 Å². The summed E-state index contributed by atoms with van der Waals surface area (Å²) >= 11 is 1.04. The van der Waals surface area contributed by atoms with Crippen LogP contribution in [0.15, 0.2) is 35.2 Å². The van der Waals surface area contributed by atoms with E-state index in [0.717, 1.165) is 19.3 Å². The zero-order chi connectivity index (χ0) is 20.6. The number of alkyl halides is 4. The summed E-state index contributed by atoms with van der Waals surface area (Å²) in [5.41, 5.74) is 0. The second-order valence-corrected chi connectivity index (χ2v) is 11.9. The van der Waals surface area contributed by atoms with E-state index in [-0.39, 0.29) is 17.1 Å². The second-order valence-electron chi connectivity index (χ2n) is 7.13. The normalized spacial score (nSPS) is 18.5. The van der Waals surface area contributed by atoms with Crippen LogP contribution in [0.3, 0.4) is 0 Å². The summed E-state index contributed by atoms with van der Waals surface area (Å²) < 4.78 is 76.5. The molecular formula is C19H26F4O2S3. The summed E-state index contributed by atoms with van der Waals surface area (Å²) in [7, 11) is -3.67. The molecule has 1 aliphatic carbocycles. The van der Waals surface area contributed by atoms with Crippen LogP contribution in [0.5, 0.6) is 0 Å². The van der Waals surface area contributed by atoms with Gasteiger partial charge < -0.3 is 0 Å². The Morgan fingerprint density at radius 1 is 0.964 bits per heavy atom. The third-order valence-corrected chi connectivity index (χ3v) is 9.39. The molecule has 0 N–H and O–H groups in total.